The van der Waals surface area contributed by atoms with Crippen LogP contribution < -0.4 is 0 Å². The summed E-state index contributed by atoms with van der Waals surface area (Å²) in [5.41, 5.74) is 2.95. The van der Waals surface area contributed by atoms with Crippen LogP contribution in [-0.2, 0) is 0 Å². The van der Waals surface area contributed by atoms with Gasteiger partial charge in [0.2, 0.25) is 0 Å². The predicted molar refractivity (Wildman–Crippen MR) is 78.0 cm³/mol. The maximum absolute atomic E-state index is 12.1. The Morgan fingerprint density at radius 2 is 1.55 bits per heavy atom. The minimum absolute atomic E-state index is 0.00466. The third kappa shape index (κ3) is 3.18. The molecule has 0 fully saturated rings. The number of rotatable bonds is 5. The highest BCUT2D eigenvalue weighted by atomic mass is 16.1. The Balaban J connectivity index is 2.03. The molecule has 102 valence electrons. The molecule has 0 aliphatic rings. The molecule has 0 atom stereocenters. The van der Waals surface area contributed by atoms with Gasteiger partial charge in [-0.3, -0.25) is 14.6 Å². The fourth-order valence-electron chi connectivity index (χ4n) is 2.14. The summed E-state index contributed by atoms with van der Waals surface area (Å²) < 4.78 is 0. The van der Waals surface area contributed by atoms with Crippen LogP contribution in [0.3, 0.4) is 0 Å². The average Bonchev–Trinajstić information content (AvgIpc) is 2.45. The number of Topliss-reactive ketones (excluding diaryl/α,β-unsaturated/α-hetero) is 2. The quantitative estimate of drug-likeness (QED) is 0.778. The van der Waals surface area contributed by atoms with Crippen molar-refractivity contribution in [1.29, 1.82) is 0 Å². The molecule has 1 aromatic heterocycles. The molecule has 0 unspecified atom stereocenters. The summed E-state index contributed by atoms with van der Waals surface area (Å²) in [6, 6.07) is 11.1. The number of carbonyl (C=O) groups excluding carboxylic acids is 2. The third-order valence-electron chi connectivity index (χ3n) is 3.30. The molecule has 20 heavy (non-hydrogen) atoms. The second kappa shape index (κ2) is 6.24. The largest absolute Gasteiger partial charge is 0.294 e. The molecule has 0 saturated heterocycles. The monoisotopic (exact) mass is 267 g/mol. The number of ketones is 2. The van der Waals surface area contributed by atoms with E-state index in [0.29, 0.717) is 11.3 Å². The van der Waals surface area contributed by atoms with Gasteiger partial charge in [-0.1, -0.05) is 30.3 Å². The highest BCUT2D eigenvalue weighted by molar-refractivity contribution is 6.02. The average molecular weight is 267 g/mol. The molecule has 3 heteroatoms. The van der Waals surface area contributed by atoms with Gasteiger partial charge in [0.05, 0.1) is 0 Å². The highest BCUT2D eigenvalue weighted by Gasteiger charge is 2.14. The second-order valence-corrected chi connectivity index (χ2v) is 4.83. The minimum Gasteiger partial charge on any atom is -0.294 e. The van der Waals surface area contributed by atoms with Crippen LogP contribution in [0.25, 0.3) is 0 Å². The van der Waals surface area contributed by atoms with Gasteiger partial charge >= 0.3 is 0 Å². The van der Waals surface area contributed by atoms with Crippen LogP contribution in [0.5, 0.6) is 0 Å². The fourth-order valence-corrected chi connectivity index (χ4v) is 2.14. The zero-order valence-electron chi connectivity index (χ0n) is 11.7. The van der Waals surface area contributed by atoms with Gasteiger partial charge in [-0.15, -0.1) is 0 Å². The lowest BCUT2D eigenvalue weighted by Gasteiger charge is -2.05. The summed E-state index contributed by atoms with van der Waals surface area (Å²) >= 11 is 0. The van der Waals surface area contributed by atoms with E-state index in [1.807, 2.05) is 38.1 Å². The van der Waals surface area contributed by atoms with Crippen LogP contribution in [0.4, 0.5) is 0 Å². The van der Waals surface area contributed by atoms with E-state index >= 15 is 0 Å². The Kier molecular flexibility index (Phi) is 4.41. The molecule has 0 amide bonds. The van der Waals surface area contributed by atoms with Gasteiger partial charge in [0.1, 0.15) is 5.69 Å². The number of carbonyl (C=O) groups is 2. The topological polar surface area (TPSA) is 47.0 Å². The number of nitrogens with zero attached hydrogens (tertiary/aromatic N) is 1. The molecule has 0 bridgehead atoms. The number of hydrogen-bond acceptors (Lipinski definition) is 3. The van der Waals surface area contributed by atoms with Crippen molar-refractivity contribution in [1.82, 2.24) is 4.98 Å². The first-order chi connectivity index (χ1) is 9.59. The van der Waals surface area contributed by atoms with Gasteiger partial charge in [0, 0.05) is 24.6 Å². The molecule has 3 nitrogen and oxygen atoms in total. The fraction of sp³-hybridized carbons (Fsp3) is 0.235. The normalized spacial score (nSPS) is 10.3. The Bertz CT molecular complexity index is 589. The molecular weight excluding hydrogens is 250 g/mol. The molecule has 0 aliphatic heterocycles. The highest BCUT2D eigenvalue weighted by Crippen LogP contribution is 2.13. The van der Waals surface area contributed by atoms with E-state index in [2.05, 4.69) is 4.98 Å². The number of benzene rings is 1. The molecule has 0 aliphatic carbocycles. The van der Waals surface area contributed by atoms with E-state index in [9.17, 15) is 9.59 Å². The number of aromatic nitrogens is 1. The first-order valence-electron chi connectivity index (χ1n) is 6.63. The Morgan fingerprint density at radius 1 is 0.900 bits per heavy atom. The van der Waals surface area contributed by atoms with Crippen LogP contribution in [0.1, 0.15) is 44.8 Å². The third-order valence-corrected chi connectivity index (χ3v) is 3.30. The van der Waals surface area contributed by atoms with Gasteiger partial charge in [-0.2, -0.15) is 0 Å². The summed E-state index contributed by atoms with van der Waals surface area (Å²) in [6.45, 7) is 3.75. The van der Waals surface area contributed by atoms with Crippen LogP contribution in [0, 0.1) is 13.8 Å². The second-order valence-electron chi connectivity index (χ2n) is 4.83. The molecular formula is C17H17NO2. The van der Waals surface area contributed by atoms with Crippen molar-refractivity contribution in [3.05, 3.63) is 65.0 Å². The van der Waals surface area contributed by atoms with Gasteiger partial charge in [0.15, 0.2) is 11.6 Å². The van der Waals surface area contributed by atoms with Gasteiger partial charge < -0.3 is 0 Å². The van der Waals surface area contributed by atoms with Gasteiger partial charge in [0.25, 0.3) is 0 Å². The van der Waals surface area contributed by atoms with E-state index in [0.717, 1.165) is 11.1 Å². The Hall–Kier alpha value is -2.29. The minimum atomic E-state index is -0.0787. The number of hydrogen-bond donors (Lipinski definition) is 0. The van der Waals surface area contributed by atoms with Crippen molar-refractivity contribution in [3.8, 4) is 0 Å². The van der Waals surface area contributed by atoms with Crippen molar-refractivity contribution < 1.29 is 9.59 Å². The summed E-state index contributed by atoms with van der Waals surface area (Å²) in [7, 11) is 0. The predicted octanol–water partition coefficient (Wildman–Crippen LogP) is 3.54. The van der Waals surface area contributed by atoms with Crippen LogP contribution >= 0.6 is 0 Å². The van der Waals surface area contributed by atoms with Crippen LogP contribution in [-0.4, -0.2) is 16.6 Å². The smallest absolute Gasteiger partial charge is 0.181 e. The van der Waals surface area contributed by atoms with E-state index in [1.165, 1.54) is 0 Å². The molecule has 0 radical (unpaired) electrons. The molecule has 2 rings (SSSR count). The van der Waals surface area contributed by atoms with Crippen molar-refractivity contribution in [2.45, 2.75) is 26.7 Å². The summed E-state index contributed by atoms with van der Waals surface area (Å²) in [4.78, 5) is 28.3. The Morgan fingerprint density at radius 3 is 2.25 bits per heavy atom. The standard InChI is InChI=1S/C17H17NO2/c1-12-6-3-4-8-14(12)15(19)9-10-16(20)17-13(2)7-5-11-18-17/h3-8,11H,9-10H2,1-2H3. The summed E-state index contributed by atoms with van der Waals surface area (Å²) in [5, 5.41) is 0. The summed E-state index contributed by atoms with van der Waals surface area (Å²) in [6.07, 6.45) is 2.02. The molecule has 0 N–H and O–H groups in total. The lowest BCUT2D eigenvalue weighted by molar-refractivity contribution is 0.0914. The molecule has 2 aromatic rings. The van der Waals surface area contributed by atoms with E-state index < -0.39 is 0 Å². The van der Waals surface area contributed by atoms with E-state index in [1.54, 1.807) is 18.3 Å². The lowest BCUT2D eigenvalue weighted by Crippen LogP contribution is -2.09. The lowest BCUT2D eigenvalue weighted by atomic mass is 9.99. The Labute approximate surface area is 118 Å². The van der Waals surface area contributed by atoms with Crippen molar-refractivity contribution >= 4 is 11.6 Å². The maximum atomic E-state index is 12.1. The SMILES string of the molecule is Cc1ccccc1C(=O)CCC(=O)c1ncccc1C. The van der Waals surface area contributed by atoms with E-state index in [-0.39, 0.29) is 24.4 Å². The first kappa shape index (κ1) is 14.1. The zero-order chi connectivity index (χ0) is 14.5. The van der Waals surface area contributed by atoms with Gasteiger partial charge in [-0.05, 0) is 31.0 Å². The van der Waals surface area contributed by atoms with Gasteiger partial charge in [-0.25, -0.2) is 0 Å². The van der Waals surface area contributed by atoms with E-state index in [4.69, 9.17) is 0 Å². The van der Waals surface area contributed by atoms with Crippen LogP contribution in [0.2, 0.25) is 0 Å². The number of pyridine rings is 1. The summed E-state index contributed by atoms with van der Waals surface area (Å²) in [5.74, 6) is -0.0740. The maximum Gasteiger partial charge on any atom is 0.181 e. The van der Waals surface area contributed by atoms with Crippen molar-refractivity contribution in [2.75, 3.05) is 0 Å². The van der Waals surface area contributed by atoms with Crippen molar-refractivity contribution in [2.24, 2.45) is 0 Å². The van der Waals surface area contributed by atoms with Crippen molar-refractivity contribution in [3.63, 3.8) is 0 Å². The molecule has 0 saturated carbocycles. The molecule has 0 spiro atoms. The van der Waals surface area contributed by atoms with Crippen LogP contribution in [0.15, 0.2) is 42.6 Å². The molecule has 1 heterocycles. The number of aryl methyl sites for hydroxylation is 2. The first-order valence-corrected chi connectivity index (χ1v) is 6.63. The zero-order valence-corrected chi connectivity index (χ0v) is 11.7. The molecule has 1 aromatic carbocycles.